The largest absolute Gasteiger partial charge is 0.354 e. The third kappa shape index (κ3) is 4.14. The summed E-state index contributed by atoms with van der Waals surface area (Å²) in [5, 5.41) is 5.97. The van der Waals surface area contributed by atoms with Crippen molar-refractivity contribution in [2.45, 2.75) is 0 Å². The minimum atomic E-state index is -0.238. The summed E-state index contributed by atoms with van der Waals surface area (Å²) >= 11 is 3.43. The Labute approximate surface area is 141 Å². The summed E-state index contributed by atoms with van der Waals surface area (Å²) in [6.07, 6.45) is 4.80. The van der Waals surface area contributed by atoms with Crippen molar-refractivity contribution in [3.63, 3.8) is 0 Å². The summed E-state index contributed by atoms with van der Waals surface area (Å²) in [7, 11) is 0. The van der Waals surface area contributed by atoms with Crippen LogP contribution in [0.3, 0.4) is 0 Å². The maximum Gasteiger partial charge on any atom is 0.258 e. The van der Waals surface area contributed by atoms with Crippen molar-refractivity contribution in [1.29, 1.82) is 0 Å². The van der Waals surface area contributed by atoms with Gasteiger partial charge < -0.3 is 10.6 Å². The van der Waals surface area contributed by atoms with Crippen LogP contribution < -0.4 is 10.6 Å². The van der Waals surface area contributed by atoms with Crippen molar-refractivity contribution >= 4 is 39.0 Å². The van der Waals surface area contributed by atoms with Gasteiger partial charge in [0.25, 0.3) is 5.91 Å². The number of nitrogens with zero attached hydrogens (tertiary/aromatic N) is 2. The van der Waals surface area contributed by atoms with Gasteiger partial charge in [-0.2, -0.15) is 0 Å². The molecule has 0 saturated heterocycles. The summed E-state index contributed by atoms with van der Waals surface area (Å²) in [6, 6.07) is 14.9. The lowest BCUT2D eigenvalue weighted by molar-refractivity contribution is 0.102. The van der Waals surface area contributed by atoms with E-state index in [2.05, 4.69) is 36.5 Å². The van der Waals surface area contributed by atoms with Gasteiger partial charge in [0.1, 0.15) is 5.82 Å². The molecule has 1 amide bonds. The zero-order chi connectivity index (χ0) is 16.1. The lowest BCUT2D eigenvalue weighted by atomic mass is 10.2. The lowest BCUT2D eigenvalue weighted by Gasteiger charge is -2.08. The van der Waals surface area contributed by atoms with Crippen LogP contribution >= 0.6 is 15.9 Å². The Kier molecular flexibility index (Phi) is 4.63. The lowest BCUT2D eigenvalue weighted by Crippen LogP contribution is -2.13. The molecular weight excluding hydrogens is 356 g/mol. The molecule has 2 N–H and O–H groups in total. The van der Waals surface area contributed by atoms with Gasteiger partial charge in [-0.3, -0.25) is 9.78 Å². The molecule has 0 aliphatic carbocycles. The standard InChI is InChI=1S/C17H13BrN4O/c18-13-4-1-5-14(9-13)21-15-6-7-16(20-11-15)22-17(23)12-3-2-8-19-10-12/h1-11,21H,(H,20,22,23). The molecule has 6 heteroatoms. The minimum Gasteiger partial charge on any atom is -0.354 e. The first-order valence-electron chi connectivity index (χ1n) is 6.91. The Morgan fingerprint density at radius 3 is 2.61 bits per heavy atom. The first-order chi connectivity index (χ1) is 11.2. The van der Waals surface area contributed by atoms with E-state index in [4.69, 9.17) is 0 Å². The molecule has 0 atom stereocenters. The fourth-order valence-corrected chi connectivity index (χ4v) is 2.36. The van der Waals surface area contributed by atoms with E-state index in [1.807, 2.05) is 30.3 Å². The molecule has 5 nitrogen and oxygen atoms in total. The van der Waals surface area contributed by atoms with E-state index in [0.717, 1.165) is 15.8 Å². The van der Waals surface area contributed by atoms with Crippen molar-refractivity contribution < 1.29 is 4.79 Å². The predicted octanol–water partition coefficient (Wildman–Crippen LogP) is 4.24. The fraction of sp³-hybridized carbons (Fsp3) is 0. The second-order valence-corrected chi connectivity index (χ2v) is 5.68. The highest BCUT2D eigenvalue weighted by molar-refractivity contribution is 9.10. The Morgan fingerprint density at radius 2 is 1.91 bits per heavy atom. The third-order valence-electron chi connectivity index (χ3n) is 3.04. The fourth-order valence-electron chi connectivity index (χ4n) is 1.96. The smallest absolute Gasteiger partial charge is 0.258 e. The van der Waals surface area contributed by atoms with E-state index in [0.29, 0.717) is 11.4 Å². The van der Waals surface area contributed by atoms with Crippen molar-refractivity contribution in [2.24, 2.45) is 0 Å². The number of pyridine rings is 2. The van der Waals surface area contributed by atoms with Gasteiger partial charge >= 0.3 is 0 Å². The van der Waals surface area contributed by atoms with Gasteiger partial charge in [0.2, 0.25) is 0 Å². The number of nitrogens with one attached hydrogen (secondary N) is 2. The molecule has 0 aliphatic heterocycles. The first-order valence-corrected chi connectivity index (χ1v) is 7.70. The molecule has 1 aromatic carbocycles. The molecule has 0 bridgehead atoms. The summed E-state index contributed by atoms with van der Waals surface area (Å²) in [6.45, 7) is 0. The molecule has 3 rings (SSSR count). The van der Waals surface area contributed by atoms with Crippen molar-refractivity contribution in [3.05, 3.63) is 77.2 Å². The molecule has 0 spiro atoms. The molecule has 0 aliphatic rings. The van der Waals surface area contributed by atoms with Crippen LogP contribution in [0.25, 0.3) is 0 Å². The van der Waals surface area contributed by atoms with Gasteiger partial charge in [0.15, 0.2) is 0 Å². The van der Waals surface area contributed by atoms with Crippen LogP contribution in [0.1, 0.15) is 10.4 Å². The molecule has 114 valence electrons. The number of halogens is 1. The second kappa shape index (κ2) is 7.02. The second-order valence-electron chi connectivity index (χ2n) is 4.76. The van der Waals surface area contributed by atoms with Crippen molar-refractivity contribution in [2.75, 3.05) is 10.6 Å². The number of hydrogen-bond donors (Lipinski definition) is 2. The zero-order valence-electron chi connectivity index (χ0n) is 12.0. The molecule has 23 heavy (non-hydrogen) atoms. The number of amides is 1. The normalized spacial score (nSPS) is 10.1. The number of carbonyl (C=O) groups excluding carboxylic acids is 1. The number of aromatic nitrogens is 2. The van der Waals surface area contributed by atoms with E-state index in [-0.39, 0.29) is 5.91 Å². The van der Waals surface area contributed by atoms with Crippen LogP contribution in [0.2, 0.25) is 0 Å². The molecular formula is C17H13BrN4O. The van der Waals surface area contributed by atoms with Crippen LogP contribution in [-0.4, -0.2) is 15.9 Å². The van der Waals surface area contributed by atoms with Gasteiger partial charge in [-0.1, -0.05) is 22.0 Å². The predicted molar refractivity (Wildman–Crippen MR) is 93.9 cm³/mol. The summed E-state index contributed by atoms with van der Waals surface area (Å²) in [5.41, 5.74) is 2.28. The molecule has 0 radical (unpaired) electrons. The molecule has 2 heterocycles. The van der Waals surface area contributed by atoms with Gasteiger partial charge in [-0.15, -0.1) is 0 Å². The average molecular weight is 369 g/mol. The number of benzene rings is 1. The van der Waals surface area contributed by atoms with Gasteiger partial charge in [-0.05, 0) is 42.5 Å². The summed E-state index contributed by atoms with van der Waals surface area (Å²) in [4.78, 5) is 20.2. The minimum absolute atomic E-state index is 0.238. The highest BCUT2D eigenvalue weighted by Crippen LogP contribution is 2.20. The molecule has 0 saturated carbocycles. The van der Waals surface area contributed by atoms with Crippen LogP contribution in [0, 0.1) is 0 Å². The third-order valence-corrected chi connectivity index (χ3v) is 3.54. The quantitative estimate of drug-likeness (QED) is 0.722. The van der Waals surface area contributed by atoms with Gasteiger partial charge in [0, 0.05) is 22.6 Å². The number of carbonyl (C=O) groups is 1. The van der Waals surface area contributed by atoms with Crippen molar-refractivity contribution in [3.8, 4) is 0 Å². The highest BCUT2D eigenvalue weighted by Gasteiger charge is 2.06. The Morgan fingerprint density at radius 1 is 1.00 bits per heavy atom. The summed E-state index contributed by atoms with van der Waals surface area (Å²) in [5.74, 6) is 0.247. The van der Waals surface area contributed by atoms with Crippen LogP contribution in [0.4, 0.5) is 17.2 Å². The van der Waals surface area contributed by atoms with E-state index in [9.17, 15) is 4.79 Å². The monoisotopic (exact) mass is 368 g/mol. The Bertz CT molecular complexity index is 806. The number of rotatable bonds is 4. The summed E-state index contributed by atoms with van der Waals surface area (Å²) < 4.78 is 0.996. The van der Waals surface area contributed by atoms with E-state index < -0.39 is 0 Å². The van der Waals surface area contributed by atoms with E-state index >= 15 is 0 Å². The Hall–Kier alpha value is -2.73. The number of anilines is 3. The van der Waals surface area contributed by atoms with Crippen LogP contribution in [0.15, 0.2) is 71.6 Å². The molecule has 0 unspecified atom stereocenters. The molecule has 2 aromatic heterocycles. The van der Waals surface area contributed by atoms with E-state index in [1.165, 1.54) is 6.20 Å². The molecule has 3 aromatic rings. The SMILES string of the molecule is O=C(Nc1ccc(Nc2cccc(Br)c2)cn1)c1cccnc1. The van der Waals surface area contributed by atoms with Gasteiger partial charge in [0.05, 0.1) is 17.4 Å². The number of hydrogen-bond acceptors (Lipinski definition) is 4. The zero-order valence-corrected chi connectivity index (χ0v) is 13.6. The highest BCUT2D eigenvalue weighted by atomic mass is 79.9. The van der Waals surface area contributed by atoms with E-state index in [1.54, 1.807) is 30.6 Å². The maximum absolute atomic E-state index is 12.0. The average Bonchev–Trinajstić information content (AvgIpc) is 2.57. The van der Waals surface area contributed by atoms with Crippen LogP contribution in [-0.2, 0) is 0 Å². The topological polar surface area (TPSA) is 66.9 Å². The van der Waals surface area contributed by atoms with Crippen LogP contribution in [0.5, 0.6) is 0 Å². The first kappa shape index (κ1) is 15.2. The maximum atomic E-state index is 12.0. The van der Waals surface area contributed by atoms with Gasteiger partial charge in [-0.25, -0.2) is 4.98 Å². The molecule has 0 fully saturated rings. The van der Waals surface area contributed by atoms with Crippen molar-refractivity contribution in [1.82, 2.24) is 9.97 Å². The Balaban J connectivity index is 1.66.